The van der Waals surface area contributed by atoms with E-state index in [9.17, 15) is 0 Å². The topological polar surface area (TPSA) is 26.0 Å². The molecule has 1 unspecified atom stereocenters. The van der Waals surface area contributed by atoms with E-state index in [1.807, 2.05) is 12.1 Å². The number of nitrogens with two attached hydrogens (primary N) is 1. The Kier molecular flexibility index (Phi) is 10.8. The van der Waals surface area contributed by atoms with Crippen molar-refractivity contribution in [2.75, 3.05) is 5.73 Å². The molecule has 0 aliphatic rings. The summed E-state index contributed by atoms with van der Waals surface area (Å²) in [4.78, 5) is 0. The number of hydrogen-bond donors (Lipinski definition) is 1. The van der Waals surface area contributed by atoms with Crippen molar-refractivity contribution in [2.24, 2.45) is 0 Å². The van der Waals surface area contributed by atoms with Crippen LogP contribution in [-0.4, -0.2) is 0 Å². The van der Waals surface area contributed by atoms with Crippen LogP contribution in [0.1, 0.15) is 107 Å². The molecule has 0 aromatic heterocycles. The van der Waals surface area contributed by atoms with E-state index in [0.29, 0.717) is 5.92 Å². The normalized spacial score (nSPS) is 12.2. The third kappa shape index (κ3) is 8.09. The van der Waals surface area contributed by atoms with Crippen molar-refractivity contribution >= 4 is 5.69 Å². The predicted molar refractivity (Wildman–Crippen MR) is 125 cm³/mol. The van der Waals surface area contributed by atoms with Crippen LogP contribution >= 0.6 is 0 Å². The molecule has 1 nitrogen and oxygen atoms in total. The minimum absolute atomic E-state index is 0.487. The second-order valence-corrected chi connectivity index (χ2v) is 8.33. The number of anilines is 1. The fraction of sp³-hybridized carbons (Fsp3) is 0.556. The molecule has 1 heteroatoms. The van der Waals surface area contributed by atoms with E-state index in [0.717, 1.165) is 5.69 Å². The van der Waals surface area contributed by atoms with Crippen molar-refractivity contribution < 1.29 is 0 Å². The smallest absolute Gasteiger partial charge is 0.0314 e. The lowest BCUT2D eigenvalue weighted by Crippen LogP contribution is -2.02. The summed E-state index contributed by atoms with van der Waals surface area (Å²) in [7, 11) is 0. The van der Waals surface area contributed by atoms with E-state index >= 15 is 0 Å². The molecule has 0 saturated heterocycles. The van der Waals surface area contributed by atoms with Gasteiger partial charge in [-0.3, -0.25) is 0 Å². The summed E-state index contributed by atoms with van der Waals surface area (Å²) >= 11 is 0. The van der Waals surface area contributed by atoms with E-state index in [2.05, 4.69) is 50.2 Å². The molecule has 2 N–H and O–H groups in total. The molecule has 0 fully saturated rings. The Labute approximate surface area is 173 Å². The lowest BCUT2D eigenvalue weighted by molar-refractivity contribution is 0.596. The molecule has 0 aliphatic heterocycles. The van der Waals surface area contributed by atoms with Gasteiger partial charge in [0.2, 0.25) is 0 Å². The maximum atomic E-state index is 5.91. The van der Waals surface area contributed by atoms with E-state index in [1.165, 1.54) is 93.7 Å². The van der Waals surface area contributed by atoms with Crippen LogP contribution in [-0.2, 0) is 6.42 Å². The first-order valence-corrected chi connectivity index (χ1v) is 11.7. The fourth-order valence-corrected chi connectivity index (χ4v) is 4.06. The Morgan fingerprint density at radius 2 is 1.11 bits per heavy atom. The highest BCUT2D eigenvalue weighted by Crippen LogP contribution is 2.31. The summed E-state index contributed by atoms with van der Waals surface area (Å²) in [6.45, 7) is 4.56. The van der Waals surface area contributed by atoms with Crippen LogP contribution in [0, 0.1) is 0 Å². The zero-order valence-electron chi connectivity index (χ0n) is 18.3. The van der Waals surface area contributed by atoms with Gasteiger partial charge in [0.05, 0.1) is 0 Å². The monoisotopic (exact) mass is 379 g/mol. The molecule has 0 saturated carbocycles. The van der Waals surface area contributed by atoms with Gasteiger partial charge in [0.25, 0.3) is 0 Å². The molecule has 0 bridgehead atoms. The third-order valence-electron chi connectivity index (χ3n) is 5.89. The van der Waals surface area contributed by atoms with Gasteiger partial charge in [0.1, 0.15) is 0 Å². The first kappa shape index (κ1) is 22.5. The van der Waals surface area contributed by atoms with Crippen LogP contribution in [0.5, 0.6) is 0 Å². The van der Waals surface area contributed by atoms with Gasteiger partial charge in [0.15, 0.2) is 0 Å². The average molecular weight is 380 g/mol. The standard InChI is InChI=1S/C27H41N/c1-3-5-7-9-10-11-13-23-15-17-24(18-16-23)27(14-12-8-6-4-2)25-19-21-26(28)22-20-25/h15-22,27H,3-14,28H2,1-2H3. The fourth-order valence-electron chi connectivity index (χ4n) is 4.06. The summed E-state index contributed by atoms with van der Waals surface area (Å²) in [5.41, 5.74) is 11.1. The van der Waals surface area contributed by atoms with Crippen LogP contribution in [0.3, 0.4) is 0 Å². The van der Waals surface area contributed by atoms with Gasteiger partial charge in [-0.2, -0.15) is 0 Å². The highest BCUT2D eigenvalue weighted by Gasteiger charge is 2.14. The number of rotatable bonds is 14. The summed E-state index contributed by atoms with van der Waals surface area (Å²) in [6.07, 6.45) is 15.9. The van der Waals surface area contributed by atoms with Gasteiger partial charge in [-0.1, -0.05) is 108 Å². The molecule has 154 valence electrons. The molecule has 2 rings (SSSR count). The largest absolute Gasteiger partial charge is 0.399 e. The van der Waals surface area contributed by atoms with E-state index in [4.69, 9.17) is 5.73 Å². The van der Waals surface area contributed by atoms with Crippen LogP contribution in [0.2, 0.25) is 0 Å². The first-order valence-electron chi connectivity index (χ1n) is 11.7. The average Bonchev–Trinajstić information content (AvgIpc) is 2.72. The summed E-state index contributed by atoms with van der Waals surface area (Å²) < 4.78 is 0. The van der Waals surface area contributed by atoms with Crippen molar-refractivity contribution in [1.29, 1.82) is 0 Å². The highest BCUT2D eigenvalue weighted by atomic mass is 14.5. The van der Waals surface area contributed by atoms with E-state index < -0.39 is 0 Å². The van der Waals surface area contributed by atoms with E-state index in [-0.39, 0.29) is 0 Å². The lowest BCUT2D eigenvalue weighted by atomic mass is 9.86. The lowest BCUT2D eigenvalue weighted by Gasteiger charge is -2.19. The third-order valence-corrected chi connectivity index (χ3v) is 5.89. The summed E-state index contributed by atoms with van der Waals surface area (Å²) in [5.74, 6) is 0.487. The van der Waals surface area contributed by atoms with Crippen molar-refractivity contribution in [3.8, 4) is 0 Å². The van der Waals surface area contributed by atoms with Crippen LogP contribution in [0.4, 0.5) is 5.69 Å². The predicted octanol–water partition coefficient (Wildman–Crippen LogP) is 8.27. The van der Waals surface area contributed by atoms with Crippen LogP contribution in [0.25, 0.3) is 0 Å². The highest BCUT2D eigenvalue weighted by molar-refractivity contribution is 5.43. The van der Waals surface area contributed by atoms with Crippen LogP contribution in [0.15, 0.2) is 48.5 Å². The SMILES string of the molecule is CCCCCCCCc1ccc(C(CCCCCC)c2ccc(N)cc2)cc1. The molecule has 0 amide bonds. The van der Waals surface area contributed by atoms with Gasteiger partial charge < -0.3 is 5.73 Å². The number of hydrogen-bond acceptors (Lipinski definition) is 1. The van der Waals surface area contributed by atoms with Gasteiger partial charge in [-0.05, 0) is 48.1 Å². The maximum absolute atomic E-state index is 5.91. The van der Waals surface area contributed by atoms with Crippen LogP contribution < -0.4 is 5.73 Å². The van der Waals surface area contributed by atoms with E-state index in [1.54, 1.807) is 0 Å². The number of benzene rings is 2. The minimum Gasteiger partial charge on any atom is -0.399 e. The number of aryl methyl sites for hydroxylation is 1. The molecular formula is C27H41N. The first-order chi connectivity index (χ1) is 13.7. The minimum atomic E-state index is 0.487. The van der Waals surface area contributed by atoms with Gasteiger partial charge in [0, 0.05) is 11.6 Å². The second kappa shape index (κ2) is 13.4. The van der Waals surface area contributed by atoms with Crippen molar-refractivity contribution in [3.05, 3.63) is 65.2 Å². The molecule has 1 atom stereocenters. The maximum Gasteiger partial charge on any atom is 0.0314 e. The van der Waals surface area contributed by atoms with Gasteiger partial charge >= 0.3 is 0 Å². The number of nitrogen functional groups attached to an aromatic ring is 1. The Hall–Kier alpha value is -1.76. The summed E-state index contributed by atoms with van der Waals surface area (Å²) in [5, 5.41) is 0. The molecule has 0 spiro atoms. The van der Waals surface area contributed by atoms with Gasteiger partial charge in [-0.25, -0.2) is 0 Å². The van der Waals surface area contributed by atoms with Crippen molar-refractivity contribution in [2.45, 2.75) is 96.8 Å². The Morgan fingerprint density at radius 1 is 0.607 bits per heavy atom. The Bertz CT molecular complexity index is 626. The van der Waals surface area contributed by atoms with Crippen molar-refractivity contribution in [3.63, 3.8) is 0 Å². The van der Waals surface area contributed by atoms with Crippen molar-refractivity contribution in [1.82, 2.24) is 0 Å². The molecular weight excluding hydrogens is 338 g/mol. The Morgan fingerprint density at radius 3 is 1.71 bits per heavy atom. The quantitative estimate of drug-likeness (QED) is 0.259. The zero-order valence-corrected chi connectivity index (χ0v) is 18.3. The zero-order chi connectivity index (χ0) is 20.0. The molecule has 2 aromatic rings. The Balaban J connectivity index is 1.95. The molecule has 0 heterocycles. The number of unbranched alkanes of at least 4 members (excludes halogenated alkanes) is 8. The summed E-state index contributed by atoms with van der Waals surface area (Å²) in [6, 6.07) is 18.0. The molecule has 2 aromatic carbocycles. The molecule has 0 radical (unpaired) electrons. The molecule has 28 heavy (non-hydrogen) atoms. The van der Waals surface area contributed by atoms with Gasteiger partial charge in [-0.15, -0.1) is 0 Å². The molecule has 0 aliphatic carbocycles. The second-order valence-electron chi connectivity index (χ2n) is 8.33.